The van der Waals surface area contributed by atoms with Crippen LogP contribution in [0.2, 0.25) is 0 Å². The second-order valence-corrected chi connectivity index (χ2v) is 4.32. The van der Waals surface area contributed by atoms with Gasteiger partial charge in [0.2, 0.25) is 0 Å². The molecule has 2 rings (SSSR count). The Balaban J connectivity index is 2.09. The van der Waals surface area contributed by atoms with Gasteiger partial charge in [-0.2, -0.15) is 0 Å². The molecule has 3 N–H and O–H groups in total. The van der Waals surface area contributed by atoms with Crippen molar-refractivity contribution < 1.29 is 9.84 Å². The number of aliphatic hydroxyl groups excluding tert-OH is 1. The minimum Gasteiger partial charge on any atom is -0.394 e. The summed E-state index contributed by atoms with van der Waals surface area (Å²) in [4.78, 5) is 5.76. The standard InChI is InChI=1S/C10H14ClN3O2/c1-6-13-9(12)2-3-14(6)10-8(11)4-7(5-15)16-10/h2-3,7-8,10,15H,1,4-5H2,(H2,12,13). The van der Waals surface area contributed by atoms with Gasteiger partial charge >= 0.3 is 0 Å². The molecule has 0 aromatic rings. The smallest absolute Gasteiger partial charge is 0.152 e. The minimum absolute atomic E-state index is 0.0326. The maximum Gasteiger partial charge on any atom is 0.152 e. The van der Waals surface area contributed by atoms with Gasteiger partial charge in [0.1, 0.15) is 11.7 Å². The highest BCUT2D eigenvalue weighted by Crippen LogP contribution is 2.30. The lowest BCUT2D eigenvalue weighted by molar-refractivity contribution is -0.0388. The van der Waals surface area contributed by atoms with E-state index in [1.54, 1.807) is 17.2 Å². The van der Waals surface area contributed by atoms with Crippen LogP contribution in [-0.4, -0.2) is 40.2 Å². The van der Waals surface area contributed by atoms with Gasteiger partial charge in [0.15, 0.2) is 6.23 Å². The fourth-order valence-electron chi connectivity index (χ4n) is 1.78. The Labute approximate surface area is 98.8 Å². The molecule has 1 saturated heterocycles. The number of hydrogen-bond acceptors (Lipinski definition) is 5. The Bertz CT molecular complexity index is 356. The maximum absolute atomic E-state index is 9.02. The summed E-state index contributed by atoms with van der Waals surface area (Å²) in [5, 5.41) is 8.82. The van der Waals surface area contributed by atoms with Crippen molar-refractivity contribution in [1.82, 2.24) is 4.90 Å². The largest absolute Gasteiger partial charge is 0.394 e. The van der Waals surface area contributed by atoms with Crippen molar-refractivity contribution in [1.29, 1.82) is 0 Å². The lowest BCUT2D eigenvalue weighted by atomic mass is 10.2. The van der Waals surface area contributed by atoms with E-state index in [1.807, 2.05) is 0 Å². The van der Waals surface area contributed by atoms with Crippen LogP contribution in [0.25, 0.3) is 0 Å². The molecule has 0 aliphatic carbocycles. The third-order valence-electron chi connectivity index (χ3n) is 2.57. The molecule has 0 aromatic carbocycles. The first kappa shape index (κ1) is 11.4. The summed E-state index contributed by atoms with van der Waals surface area (Å²) in [5.74, 6) is 0.901. The number of alkyl halides is 1. The average Bonchev–Trinajstić information content (AvgIpc) is 2.60. The van der Waals surface area contributed by atoms with Crippen LogP contribution in [0.1, 0.15) is 6.42 Å². The Hall–Kier alpha value is -1.04. The number of aliphatic imine (C=N–C) groups is 1. The van der Waals surface area contributed by atoms with Crippen molar-refractivity contribution in [3.8, 4) is 0 Å². The van der Waals surface area contributed by atoms with E-state index in [2.05, 4.69) is 11.6 Å². The van der Waals surface area contributed by atoms with Crippen LogP contribution in [0, 0.1) is 0 Å². The summed E-state index contributed by atoms with van der Waals surface area (Å²) >= 11 is 6.15. The number of hydrogen-bond donors (Lipinski definition) is 2. The first-order valence-electron chi connectivity index (χ1n) is 5.02. The molecule has 6 heteroatoms. The van der Waals surface area contributed by atoms with Crippen molar-refractivity contribution >= 4 is 17.4 Å². The van der Waals surface area contributed by atoms with Crippen molar-refractivity contribution in [2.24, 2.45) is 10.7 Å². The first-order valence-corrected chi connectivity index (χ1v) is 5.45. The Morgan fingerprint density at radius 1 is 1.75 bits per heavy atom. The molecule has 0 amide bonds. The van der Waals surface area contributed by atoms with Gasteiger partial charge in [0, 0.05) is 6.20 Å². The van der Waals surface area contributed by atoms with Gasteiger partial charge < -0.3 is 20.5 Å². The highest BCUT2D eigenvalue weighted by atomic mass is 35.5. The Kier molecular flexibility index (Phi) is 3.18. The van der Waals surface area contributed by atoms with Gasteiger partial charge in [0.05, 0.1) is 18.1 Å². The van der Waals surface area contributed by atoms with Gasteiger partial charge in [-0.25, -0.2) is 4.99 Å². The predicted octanol–water partition coefficient (Wildman–Crippen LogP) is 0.359. The number of amidine groups is 1. The zero-order valence-corrected chi connectivity index (χ0v) is 9.47. The normalized spacial score (nSPS) is 34.4. The molecule has 0 radical (unpaired) electrons. The van der Waals surface area contributed by atoms with E-state index in [0.29, 0.717) is 18.1 Å². The molecule has 16 heavy (non-hydrogen) atoms. The summed E-state index contributed by atoms with van der Waals surface area (Å²) in [5.41, 5.74) is 5.54. The van der Waals surface area contributed by atoms with Gasteiger partial charge in [-0.05, 0) is 12.5 Å². The summed E-state index contributed by atoms with van der Waals surface area (Å²) in [6.45, 7) is 3.75. The zero-order chi connectivity index (χ0) is 11.7. The van der Waals surface area contributed by atoms with Crippen molar-refractivity contribution in [3.63, 3.8) is 0 Å². The van der Waals surface area contributed by atoms with E-state index in [9.17, 15) is 0 Å². The van der Waals surface area contributed by atoms with Crippen molar-refractivity contribution in [2.75, 3.05) is 6.61 Å². The van der Waals surface area contributed by atoms with E-state index in [1.165, 1.54) is 0 Å². The first-order chi connectivity index (χ1) is 7.61. The molecule has 0 aromatic heterocycles. The van der Waals surface area contributed by atoms with E-state index in [4.69, 9.17) is 27.2 Å². The van der Waals surface area contributed by atoms with E-state index >= 15 is 0 Å². The van der Waals surface area contributed by atoms with Crippen molar-refractivity contribution in [2.45, 2.75) is 24.1 Å². The molecule has 88 valence electrons. The molecule has 0 saturated carbocycles. The number of ether oxygens (including phenoxy) is 1. The summed E-state index contributed by atoms with van der Waals surface area (Å²) in [6.07, 6.45) is 3.44. The molecule has 2 aliphatic heterocycles. The van der Waals surface area contributed by atoms with Crippen LogP contribution in [0.4, 0.5) is 0 Å². The Morgan fingerprint density at radius 2 is 2.50 bits per heavy atom. The lowest BCUT2D eigenvalue weighted by Crippen LogP contribution is -2.37. The molecule has 5 nitrogen and oxygen atoms in total. The number of nitrogens with two attached hydrogens (primary N) is 1. The van der Waals surface area contributed by atoms with E-state index in [-0.39, 0.29) is 24.3 Å². The Morgan fingerprint density at radius 3 is 3.06 bits per heavy atom. The number of halogens is 1. The molecule has 3 atom stereocenters. The SMILES string of the molecule is C=C1N=C(N)C=CN1C1OC(CO)CC1Cl. The third-order valence-corrected chi connectivity index (χ3v) is 2.96. The van der Waals surface area contributed by atoms with E-state index < -0.39 is 0 Å². The quantitative estimate of drug-likeness (QED) is 0.687. The second-order valence-electron chi connectivity index (χ2n) is 3.76. The second kappa shape index (κ2) is 4.45. The number of rotatable bonds is 2. The highest BCUT2D eigenvalue weighted by Gasteiger charge is 2.38. The highest BCUT2D eigenvalue weighted by molar-refractivity contribution is 6.21. The van der Waals surface area contributed by atoms with Crippen LogP contribution in [0.5, 0.6) is 0 Å². The maximum atomic E-state index is 9.02. The summed E-state index contributed by atoms with van der Waals surface area (Å²) < 4.78 is 5.59. The molecule has 0 bridgehead atoms. The fourth-order valence-corrected chi connectivity index (χ4v) is 2.16. The molecule has 1 fully saturated rings. The number of nitrogens with zero attached hydrogens (tertiary/aromatic N) is 2. The number of aliphatic hydroxyl groups is 1. The van der Waals surface area contributed by atoms with Crippen LogP contribution in [-0.2, 0) is 4.74 Å². The van der Waals surface area contributed by atoms with Crippen LogP contribution >= 0.6 is 11.6 Å². The van der Waals surface area contributed by atoms with Crippen LogP contribution in [0.3, 0.4) is 0 Å². The van der Waals surface area contributed by atoms with Crippen molar-refractivity contribution in [3.05, 3.63) is 24.7 Å². The lowest BCUT2D eigenvalue weighted by Gasteiger charge is -2.30. The topological polar surface area (TPSA) is 71.1 Å². The molecular formula is C10H14ClN3O2. The zero-order valence-electron chi connectivity index (χ0n) is 8.71. The predicted molar refractivity (Wildman–Crippen MR) is 61.7 cm³/mol. The van der Waals surface area contributed by atoms with Gasteiger partial charge in [-0.1, -0.05) is 6.58 Å². The molecule has 2 aliphatic rings. The minimum atomic E-state index is -0.348. The summed E-state index contributed by atoms with van der Waals surface area (Å²) in [6, 6.07) is 0. The van der Waals surface area contributed by atoms with E-state index in [0.717, 1.165) is 0 Å². The third kappa shape index (κ3) is 2.07. The molecule has 0 spiro atoms. The molecular weight excluding hydrogens is 230 g/mol. The molecule has 2 heterocycles. The monoisotopic (exact) mass is 243 g/mol. The average molecular weight is 244 g/mol. The fraction of sp³-hybridized carbons (Fsp3) is 0.500. The van der Waals surface area contributed by atoms with Crippen LogP contribution in [0.15, 0.2) is 29.7 Å². The van der Waals surface area contributed by atoms with Crippen LogP contribution < -0.4 is 5.73 Å². The summed E-state index contributed by atoms with van der Waals surface area (Å²) in [7, 11) is 0. The van der Waals surface area contributed by atoms with Gasteiger partial charge in [-0.15, -0.1) is 11.6 Å². The van der Waals surface area contributed by atoms with Gasteiger partial charge in [0.25, 0.3) is 0 Å². The molecule has 3 unspecified atom stereocenters. The van der Waals surface area contributed by atoms with Gasteiger partial charge in [-0.3, -0.25) is 0 Å².